The fraction of sp³-hybridized carbons (Fsp3) is 0.737. The predicted octanol–water partition coefficient (Wildman–Crippen LogP) is 3.75. The van der Waals surface area contributed by atoms with Gasteiger partial charge in [0, 0.05) is 50.2 Å². The van der Waals surface area contributed by atoms with E-state index in [9.17, 15) is 0 Å². The third-order valence-corrected chi connectivity index (χ3v) is 6.49. The second kappa shape index (κ2) is 5.00. The summed E-state index contributed by atoms with van der Waals surface area (Å²) in [5.74, 6) is 3.06. The minimum atomic E-state index is 0.469. The van der Waals surface area contributed by atoms with Crippen LogP contribution >= 0.6 is 0 Å². The van der Waals surface area contributed by atoms with Crippen LogP contribution in [0, 0.1) is 17.8 Å². The molecule has 0 saturated heterocycles. The van der Waals surface area contributed by atoms with Crippen LogP contribution in [-0.2, 0) is 5.54 Å². The van der Waals surface area contributed by atoms with Gasteiger partial charge in [0.05, 0.1) is 0 Å². The molecule has 0 aromatic carbocycles. The third-order valence-electron chi connectivity index (χ3n) is 6.49. The lowest BCUT2D eigenvalue weighted by Gasteiger charge is -2.53. The van der Waals surface area contributed by atoms with Crippen molar-refractivity contribution in [3.05, 3.63) is 24.5 Å². The fourth-order valence-corrected chi connectivity index (χ4v) is 5.92. The van der Waals surface area contributed by atoms with Gasteiger partial charge in [0.1, 0.15) is 0 Å². The average Bonchev–Trinajstić information content (AvgIpc) is 2.48. The summed E-state index contributed by atoms with van der Waals surface area (Å²) in [4.78, 5) is 2.43. The van der Waals surface area contributed by atoms with E-state index in [4.69, 9.17) is 0 Å². The van der Waals surface area contributed by atoms with E-state index in [1.54, 1.807) is 0 Å². The van der Waals surface area contributed by atoms with Gasteiger partial charge in [-0.2, -0.15) is 4.57 Å². The number of pyridine rings is 1. The van der Waals surface area contributed by atoms with Crippen molar-refractivity contribution in [1.29, 1.82) is 0 Å². The van der Waals surface area contributed by atoms with Crippen LogP contribution in [0.5, 0.6) is 0 Å². The monoisotopic (exact) mass is 285 g/mol. The number of anilines is 1. The smallest absolute Gasteiger partial charge is 0.171 e. The van der Waals surface area contributed by atoms with Crippen molar-refractivity contribution in [3.8, 4) is 0 Å². The van der Waals surface area contributed by atoms with Crippen molar-refractivity contribution in [1.82, 2.24) is 0 Å². The Morgan fingerprint density at radius 2 is 1.43 bits per heavy atom. The molecular formula is C19H29N2+. The van der Waals surface area contributed by atoms with Gasteiger partial charge in [0.15, 0.2) is 17.9 Å². The van der Waals surface area contributed by atoms with E-state index in [2.05, 4.69) is 47.8 Å². The number of hydrogen-bond donors (Lipinski definition) is 0. The Balaban J connectivity index is 1.61. The Bertz CT molecular complexity index is 466. The number of hydrogen-bond acceptors (Lipinski definition) is 1. The first-order valence-corrected chi connectivity index (χ1v) is 8.99. The van der Waals surface area contributed by atoms with Crippen LogP contribution < -0.4 is 9.47 Å². The second-order valence-corrected chi connectivity index (χ2v) is 7.78. The first-order chi connectivity index (χ1) is 10.2. The maximum atomic E-state index is 2.59. The van der Waals surface area contributed by atoms with Gasteiger partial charge in [-0.3, -0.25) is 0 Å². The minimum Gasteiger partial charge on any atom is -0.372 e. The zero-order valence-corrected chi connectivity index (χ0v) is 13.6. The first kappa shape index (κ1) is 13.6. The highest BCUT2D eigenvalue weighted by Crippen LogP contribution is 2.56. The molecule has 2 nitrogen and oxygen atoms in total. The van der Waals surface area contributed by atoms with E-state index in [-0.39, 0.29) is 0 Å². The normalized spacial score (nSPS) is 37.0. The third kappa shape index (κ3) is 2.18. The highest BCUT2D eigenvalue weighted by Gasteiger charge is 2.56. The Hall–Kier alpha value is -1.05. The summed E-state index contributed by atoms with van der Waals surface area (Å²) in [6, 6.07) is 4.68. The second-order valence-electron chi connectivity index (χ2n) is 7.78. The molecule has 4 aliphatic carbocycles. The molecule has 0 N–H and O–H groups in total. The first-order valence-electron chi connectivity index (χ1n) is 8.99. The van der Waals surface area contributed by atoms with Gasteiger partial charge >= 0.3 is 0 Å². The average molecular weight is 285 g/mol. The van der Waals surface area contributed by atoms with E-state index in [0.29, 0.717) is 5.54 Å². The summed E-state index contributed by atoms with van der Waals surface area (Å²) in [7, 11) is 0. The van der Waals surface area contributed by atoms with Gasteiger partial charge in [-0.05, 0) is 50.9 Å². The number of nitrogens with zero attached hydrogens (tertiary/aromatic N) is 2. The van der Waals surface area contributed by atoms with Crippen LogP contribution in [0.3, 0.4) is 0 Å². The van der Waals surface area contributed by atoms with Gasteiger partial charge in [0.2, 0.25) is 0 Å². The van der Waals surface area contributed by atoms with Crippen molar-refractivity contribution in [2.45, 2.75) is 57.9 Å². The summed E-state index contributed by atoms with van der Waals surface area (Å²) in [5.41, 5.74) is 1.84. The molecule has 114 valence electrons. The fourth-order valence-electron chi connectivity index (χ4n) is 5.92. The molecule has 0 atom stereocenters. The van der Waals surface area contributed by atoms with E-state index in [0.717, 1.165) is 30.8 Å². The molecule has 1 aromatic rings. The Kier molecular flexibility index (Phi) is 3.24. The summed E-state index contributed by atoms with van der Waals surface area (Å²) in [6.07, 6.45) is 13.6. The molecule has 1 aromatic heterocycles. The molecule has 4 bridgehead atoms. The Morgan fingerprint density at radius 1 is 0.952 bits per heavy atom. The van der Waals surface area contributed by atoms with Gasteiger partial charge in [-0.25, -0.2) is 0 Å². The lowest BCUT2D eigenvalue weighted by molar-refractivity contribution is -0.776. The summed E-state index contributed by atoms with van der Waals surface area (Å²) >= 11 is 0. The van der Waals surface area contributed by atoms with Crippen molar-refractivity contribution in [2.24, 2.45) is 17.8 Å². The number of aromatic nitrogens is 1. The van der Waals surface area contributed by atoms with Crippen molar-refractivity contribution >= 4 is 5.69 Å². The van der Waals surface area contributed by atoms with Crippen LogP contribution in [0.25, 0.3) is 0 Å². The van der Waals surface area contributed by atoms with E-state index < -0.39 is 0 Å². The molecular weight excluding hydrogens is 256 g/mol. The molecule has 0 aliphatic heterocycles. The lowest BCUT2D eigenvalue weighted by atomic mass is 9.53. The van der Waals surface area contributed by atoms with E-state index >= 15 is 0 Å². The topological polar surface area (TPSA) is 7.12 Å². The molecule has 4 fully saturated rings. The molecule has 0 amide bonds. The molecule has 0 radical (unpaired) electrons. The van der Waals surface area contributed by atoms with Gasteiger partial charge in [-0.15, -0.1) is 0 Å². The molecule has 21 heavy (non-hydrogen) atoms. The van der Waals surface area contributed by atoms with Gasteiger partial charge < -0.3 is 4.90 Å². The Labute approximate surface area is 129 Å². The van der Waals surface area contributed by atoms with Crippen LogP contribution in [0.1, 0.15) is 52.4 Å². The molecule has 2 heteroatoms. The highest BCUT2D eigenvalue weighted by atomic mass is 15.1. The van der Waals surface area contributed by atoms with Crippen molar-refractivity contribution < 1.29 is 4.57 Å². The summed E-state index contributed by atoms with van der Waals surface area (Å²) < 4.78 is 2.59. The van der Waals surface area contributed by atoms with Crippen LogP contribution in [0.4, 0.5) is 5.69 Å². The van der Waals surface area contributed by atoms with Gasteiger partial charge in [0.25, 0.3) is 0 Å². The number of rotatable bonds is 4. The molecule has 5 rings (SSSR count). The largest absolute Gasteiger partial charge is 0.372 e. The van der Waals surface area contributed by atoms with Gasteiger partial charge in [-0.1, -0.05) is 0 Å². The van der Waals surface area contributed by atoms with Crippen LogP contribution in [0.2, 0.25) is 0 Å². The van der Waals surface area contributed by atoms with Crippen molar-refractivity contribution in [3.63, 3.8) is 0 Å². The lowest BCUT2D eigenvalue weighted by Crippen LogP contribution is -2.64. The van der Waals surface area contributed by atoms with Crippen LogP contribution in [0.15, 0.2) is 24.5 Å². The molecule has 4 aliphatic rings. The summed E-state index contributed by atoms with van der Waals surface area (Å²) in [6.45, 7) is 6.67. The zero-order valence-electron chi connectivity index (χ0n) is 13.6. The van der Waals surface area contributed by atoms with Crippen molar-refractivity contribution in [2.75, 3.05) is 18.0 Å². The Morgan fingerprint density at radius 3 is 1.86 bits per heavy atom. The SMILES string of the molecule is CCN(CC)c1cc[n+](C23CC4CC(CC(C4)C2)C3)cc1. The highest BCUT2D eigenvalue weighted by molar-refractivity contribution is 5.43. The molecule has 0 unspecified atom stereocenters. The van der Waals surface area contributed by atoms with E-state index in [1.807, 2.05) is 0 Å². The zero-order chi connectivity index (χ0) is 14.4. The maximum Gasteiger partial charge on any atom is 0.171 e. The quantitative estimate of drug-likeness (QED) is 0.764. The summed E-state index contributed by atoms with van der Waals surface area (Å²) in [5, 5.41) is 0. The molecule has 4 saturated carbocycles. The standard InChI is InChI=1S/C19H29N2/c1-3-20(4-2)18-5-7-21(8-6-18)19-12-15-9-16(13-19)11-17(10-15)14-19/h5-8,15-17H,3-4,9-14H2,1-2H3/q+1. The molecule has 1 heterocycles. The minimum absolute atomic E-state index is 0.469. The predicted molar refractivity (Wildman–Crippen MR) is 86.3 cm³/mol. The van der Waals surface area contributed by atoms with Crippen LogP contribution in [-0.4, -0.2) is 13.1 Å². The maximum absolute atomic E-state index is 2.59. The molecule has 0 spiro atoms. The van der Waals surface area contributed by atoms with E-state index in [1.165, 1.54) is 44.2 Å².